The fourth-order valence-corrected chi connectivity index (χ4v) is 4.94. The summed E-state index contributed by atoms with van der Waals surface area (Å²) in [6.07, 6.45) is 1.84. The van der Waals surface area contributed by atoms with Crippen LogP contribution in [0.15, 0.2) is 60.8 Å². The van der Waals surface area contributed by atoms with E-state index in [0.717, 1.165) is 60.1 Å². The topological polar surface area (TPSA) is 49.3 Å². The lowest BCUT2D eigenvalue weighted by atomic mass is 9.99. The Bertz CT molecular complexity index is 1070. The van der Waals surface area contributed by atoms with Gasteiger partial charge >= 0.3 is 0 Å². The number of hydrogen-bond acceptors (Lipinski definition) is 4. The van der Waals surface area contributed by atoms with E-state index in [1.165, 1.54) is 0 Å². The van der Waals surface area contributed by atoms with Gasteiger partial charge in [0.2, 0.25) is 0 Å². The highest BCUT2D eigenvalue weighted by Crippen LogP contribution is 2.35. The van der Waals surface area contributed by atoms with Crippen LogP contribution < -0.4 is 4.90 Å². The predicted octanol–water partition coefficient (Wildman–Crippen LogP) is 3.97. The highest BCUT2D eigenvalue weighted by Gasteiger charge is 2.42. The number of carbonyl (C=O) groups excluding carboxylic acids is 1. The highest BCUT2D eigenvalue weighted by molar-refractivity contribution is 6.01. The van der Waals surface area contributed by atoms with Crippen molar-refractivity contribution in [1.82, 2.24) is 14.9 Å². The molecule has 2 atom stereocenters. The standard InChI is InChI=1S/C25H26N4O/c1-17-12-26-24(18(2)27-17)28-13-20-15-29(16-21(20)14-28)25(30)23-11-7-6-10-22(23)19-8-4-3-5-9-19/h3-12,20-21H,13-16H2,1-2H3. The van der Waals surface area contributed by atoms with Crippen LogP contribution in [0.3, 0.4) is 0 Å². The van der Waals surface area contributed by atoms with Crippen molar-refractivity contribution in [3.05, 3.63) is 77.7 Å². The van der Waals surface area contributed by atoms with Gasteiger partial charge in [0.15, 0.2) is 0 Å². The quantitative estimate of drug-likeness (QED) is 0.670. The molecular weight excluding hydrogens is 372 g/mol. The maximum absolute atomic E-state index is 13.4. The average molecular weight is 399 g/mol. The van der Waals surface area contributed by atoms with E-state index in [1.807, 2.05) is 67.4 Å². The van der Waals surface area contributed by atoms with Crippen molar-refractivity contribution < 1.29 is 4.79 Å². The first-order valence-corrected chi connectivity index (χ1v) is 10.6. The van der Waals surface area contributed by atoms with Gasteiger partial charge in [-0.15, -0.1) is 0 Å². The monoisotopic (exact) mass is 398 g/mol. The van der Waals surface area contributed by atoms with Crippen molar-refractivity contribution >= 4 is 11.7 Å². The second kappa shape index (κ2) is 7.56. The molecule has 3 aromatic rings. The Morgan fingerprint density at radius 3 is 2.27 bits per heavy atom. The van der Waals surface area contributed by atoms with Gasteiger partial charge in [0.05, 0.1) is 17.6 Å². The molecule has 2 unspecified atom stereocenters. The maximum atomic E-state index is 13.4. The van der Waals surface area contributed by atoms with Crippen LogP contribution in [0.25, 0.3) is 11.1 Å². The van der Waals surface area contributed by atoms with E-state index in [0.29, 0.717) is 11.8 Å². The highest BCUT2D eigenvalue weighted by atomic mass is 16.2. The number of aromatic nitrogens is 2. The summed E-state index contributed by atoms with van der Waals surface area (Å²) >= 11 is 0. The summed E-state index contributed by atoms with van der Waals surface area (Å²) < 4.78 is 0. The molecule has 2 aliphatic heterocycles. The van der Waals surface area contributed by atoms with Gasteiger partial charge in [-0.25, -0.2) is 4.98 Å². The molecule has 3 heterocycles. The van der Waals surface area contributed by atoms with Gasteiger partial charge in [0, 0.05) is 43.6 Å². The Morgan fingerprint density at radius 1 is 0.900 bits per heavy atom. The van der Waals surface area contributed by atoms with Crippen LogP contribution in [0.5, 0.6) is 0 Å². The van der Waals surface area contributed by atoms with E-state index in [-0.39, 0.29) is 5.91 Å². The molecule has 0 N–H and O–H groups in total. The Balaban J connectivity index is 1.32. The van der Waals surface area contributed by atoms with Gasteiger partial charge < -0.3 is 9.80 Å². The van der Waals surface area contributed by atoms with Crippen LogP contribution in [-0.2, 0) is 0 Å². The van der Waals surface area contributed by atoms with Crippen LogP contribution in [0.4, 0.5) is 5.82 Å². The minimum absolute atomic E-state index is 0.140. The Labute approximate surface area is 177 Å². The zero-order valence-electron chi connectivity index (χ0n) is 17.5. The molecule has 0 saturated carbocycles. The number of fused-ring (bicyclic) bond motifs is 1. The second-order valence-electron chi connectivity index (χ2n) is 8.47. The Kier molecular flexibility index (Phi) is 4.74. The summed E-state index contributed by atoms with van der Waals surface area (Å²) in [5, 5.41) is 0. The van der Waals surface area contributed by atoms with Crippen LogP contribution >= 0.6 is 0 Å². The van der Waals surface area contributed by atoms with E-state index < -0.39 is 0 Å². The summed E-state index contributed by atoms with van der Waals surface area (Å²) in [6, 6.07) is 18.1. The first-order chi connectivity index (χ1) is 14.6. The number of aryl methyl sites for hydroxylation is 2. The molecule has 0 aliphatic carbocycles. The maximum Gasteiger partial charge on any atom is 0.254 e. The predicted molar refractivity (Wildman–Crippen MR) is 118 cm³/mol. The third-order valence-corrected chi connectivity index (χ3v) is 6.36. The molecule has 2 fully saturated rings. The van der Waals surface area contributed by atoms with Gasteiger partial charge in [0.25, 0.3) is 5.91 Å². The lowest BCUT2D eigenvalue weighted by molar-refractivity contribution is 0.0783. The first kappa shape index (κ1) is 18.8. The molecule has 0 radical (unpaired) electrons. The zero-order chi connectivity index (χ0) is 20.7. The van der Waals surface area contributed by atoms with Crippen molar-refractivity contribution in [2.75, 3.05) is 31.1 Å². The summed E-state index contributed by atoms with van der Waals surface area (Å²) in [6.45, 7) is 7.49. The number of likely N-dealkylation sites (tertiary alicyclic amines) is 1. The third kappa shape index (κ3) is 3.34. The van der Waals surface area contributed by atoms with E-state index in [2.05, 4.69) is 27.0 Å². The van der Waals surface area contributed by atoms with Crippen molar-refractivity contribution in [3.8, 4) is 11.1 Å². The molecule has 1 aromatic heterocycles. The lowest BCUT2D eigenvalue weighted by Gasteiger charge is -2.24. The zero-order valence-corrected chi connectivity index (χ0v) is 17.5. The van der Waals surface area contributed by atoms with Gasteiger partial charge in [-0.2, -0.15) is 0 Å². The van der Waals surface area contributed by atoms with Crippen LogP contribution in [0, 0.1) is 25.7 Å². The molecule has 152 valence electrons. The minimum atomic E-state index is 0.140. The van der Waals surface area contributed by atoms with Gasteiger partial charge in [-0.3, -0.25) is 9.78 Å². The van der Waals surface area contributed by atoms with Gasteiger partial charge in [-0.1, -0.05) is 48.5 Å². The van der Waals surface area contributed by atoms with E-state index in [4.69, 9.17) is 0 Å². The van der Waals surface area contributed by atoms with Crippen LogP contribution in [0.2, 0.25) is 0 Å². The van der Waals surface area contributed by atoms with E-state index >= 15 is 0 Å². The summed E-state index contributed by atoms with van der Waals surface area (Å²) in [4.78, 5) is 27.0. The number of amides is 1. The molecule has 2 saturated heterocycles. The Hall–Kier alpha value is -3.21. The van der Waals surface area contributed by atoms with Crippen molar-refractivity contribution in [3.63, 3.8) is 0 Å². The number of rotatable bonds is 3. The average Bonchev–Trinajstić information content (AvgIpc) is 3.33. The normalized spacial score (nSPS) is 20.5. The second-order valence-corrected chi connectivity index (χ2v) is 8.47. The molecule has 5 rings (SSSR count). The van der Waals surface area contributed by atoms with Crippen LogP contribution in [-0.4, -0.2) is 47.0 Å². The third-order valence-electron chi connectivity index (χ3n) is 6.36. The molecule has 5 heteroatoms. The van der Waals surface area contributed by atoms with E-state index in [1.54, 1.807) is 0 Å². The number of hydrogen-bond donors (Lipinski definition) is 0. The number of carbonyl (C=O) groups is 1. The fourth-order valence-electron chi connectivity index (χ4n) is 4.94. The molecule has 1 amide bonds. The largest absolute Gasteiger partial charge is 0.354 e. The lowest BCUT2D eigenvalue weighted by Crippen LogP contribution is -2.34. The number of anilines is 1. The number of benzene rings is 2. The van der Waals surface area contributed by atoms with Crippen molar-refractivity contribution in [2.24, 2.45) is 11.8 Å². The summed E-state index contributed by atoms with van der Waals surface area (Å²) in [7, 11) is 0. The molecule has 30 heavy (non-hydrogen) atoms. The fraction of sp³-hybridized carbons (Fsp3) is 0.320. The van der Waals surface area contributed by atoms with Gasteiger partial charge in [-0.05, 0) is 31.0 Å². The SMILES string of the molecule is Cc1cnc(N2CC3CN(C(=O)c4ccccc4-c4ccccc4)CC3C2)c(C)n1. The minimum Gasteiger partial charge on any atom is -0.354 e. The van der Waals surface area contributed by atoms with Crippen LogP contribution in [0.1, 0.15) is 21.7 Å². The molecule has 5 nitrogen and oxygen atoms in total. The molecule has 2 aliphatic rings. The first-order valence-electron chi connectivity index (χ1n) is 10.6. The molecule has 0 bridgehead atoms. The molecule has 0 spiro atoms. The summed E-state index contributed by atoms with van der Waals surface area (Å²) in [5.41, 5.74) is 4.82. The smallest absolute Gasteiger partial charge is 0.254 e. The summed E-state index contributed by atoms with van der Waals surface area (Å²) in [5.74, 6) is 2.10. The Morgan fingerprint density at radius 2 is 1.57 bits per heavy atom. The molecular formula is C25H26N4O. The van der Waals surface area contributed by atoms with Crippen molar-refractivity contribution in [2.45, 2.75) is 13.8 Å². The van der Waals surface area contributed by atoms with Gasteiger partial charge in [0.1, 0.15) is 5.82 Å². The van der Waals surface area contributed by atoms with E-state index in [9.17, 15) is 4.79 Å². The number of nitrogens with zero attached hydrogens (tertiary/aromatic N) is 4. The van der Waals surface area contributed by atoms with Crippen molar-refractivity contribution in [1.29, 1.82) is 0 Å². The molecule has 2 aromatic carbocycles.